The lowest BCUT2D eigenvalue weighted by atomic mass is 9.92. The molecule has 0 bridgehead atoms. The summed E-state index contributed by atoms with van der Waals surface area (Å²) in [6, 6.07) is 6.82. The maximum absolute atomic E-state index is 11.7. The molecule has 1 aliphatic heterocycles. The van der Waals surface area contributed by atoms with Gasteiger partial charge in [0.1, 0.15) is 0 Å². The van der Waals surface area contributed by atoms with E-state index < -0.39 is 22.0 Å². The summed E-state index contributed by atoms with van der Waals surface area (Å²) in [4.78, 5) is 10.9. The van der Waals surface area contributed by atoms with Gasteiger partial charge in [-0.25, -0.2) is 8.42 Å². The SMILES string of the molecule is CS(=O)(=O)N1CCc2ccccc2C1CC(=O)O. The molecule has 1 unspecified atom stereocenters. The minimum Gasteiger partial charge on any atom is -0.481 e. The lowest BCUT2D eigenvalue weighted by Crippen LogP contribution is -2.40. The van der Waals surface area contributed by atoms with Gasteiger partial charge in [0.2, 0.25) is 10.0 Å². The highest BCUT2D eigenvalue weighted by molar-refractivity contribution is 7.88. The van der Waals surface area contributed by atoms with Crippen LogP contribution in [0, 0.1) is 0 Å². The Balaban J connectivity index is 2.46. The Labute approximate surface area is 106 Å². The first-order valence-electron chi connectivity index (χ1n) is 5.66. The maximum Gasteiger partial charge on any atom is 0.305 e. The Morgan fingerprint density at radius 2 is 2.11 bits per heavy atom. The zero-order chi connectivity index (χ0) is 13.3. The molecule has 18 heavy (non-hydrogen) atoms. The lowest BCUT2D eigenvalue weighted by Gasteiger charge is -2.34. The van der Waals surface area contributed by atoms with Crippen molar-refractivity contribution in [2.24, 2.45) is 0 Å². The summed E-state index contributed by atoms with van der Waals surface area (Å²) in [7, 11) is -3.39. The van der Waals surface area contributed by atoms with E-state index in [1.807, 2.05) is 12.1 Å². The number of aliphatic carboxylic acids is 1. The number of rotatable bonds is 3. The van der Waals surface area contributed by atoms with Gasteiger partial charge in [-0.3, -0.25) is 4.79 Å². The van der Waals surface area contributed by atoms with Crippen LogP contribution >= 0.6 is 0 Å². The van der Waals surface area contributed by atoms with Crippen LogP contribution in [0.5, 0.6) is 0 Å². The van der Waals surface area contributed by atoms with E-state index in [-0.39, 0.29) is 6.42 Å². The Bertz CT molecular complexity index is 567. The summed E-state index contributed by atoms with van der Waals surface area (Å²) in [5.74, 6) is -0.995. The Hall–Kier alpha value is -1.40. The summed E-state index contributed by atoms with van der Waals surface area (Å²) in [6.07, 6.45) is 1.54. The van der Waals surface area contributed by atoms with Crippen LogP contribution in [-0.2, 0) is 21.2 Å². The number of benzene rings is 1. The van der Waals surface area contributed by atoms with Crippen molar-refractivity contribution in [3.8, 4) is 0 Å². The van der Waals surface area contributed by atoms with Gasteiger partial charge in [-0.2, -0.15) is 4.31 Å². The highest BCUT2D eigenvalue weighted by Crippen LogP contribution is 2.33. The van der Waals surface area contributed by atoms with E-state index in [2.05, 4.69) is 0 Å². The number of carbonyl (C=O) groups is 1. The van der Waals surface area contributed by atoms with Gasteiger partial charge in [-0.05, 0) is 17.5 Å². The third-order valence-electron chi connectivity index (χ3n) is 3.16. The van der Waals surface area contributed by atoms with Gasteiger partial charge in [0.25, 0.3) is 0 Å². The molecule has 0 radical (unpaired) electrons. The molecule has 0 fully saturated rings. The van der Waals surface area contributed by atoms with E-state index >= 15 is 0 Å². The third-order valence-corrected chi connectivity index (χ3v) is 4.45. The van der Waals surface area contributed by atoms with E-state index in [1.54, 1.807) is 12.1 Å². The van der Waals surface area contributed by atoms with Crippen molar-refractivity contribution >= 4 is 16.0 Å². The largest absolute Gasteiger partial charge is 0.481 e. The summed E-state index contributed by atoms with van der Waals surface area (Å²) < 4.78 is 24.7. The minimum absolute atomic E-state index is 0.204. The number of sulfonamides is 1. The molecule has 0 aliphatic carbocycles. The predicted molar refractivity (Wildman–Crippen MR) is 66.7 cm³/mol. The Morgan fingerprint density at radius 3 is 2.72 bits per heavy atom. The average Bonchev–Trinajstić information content (AvgIpc) is 2.27. The van der Waals surface area contributed by atoms with Crippen molar-refractivity contribution in [1.29, 1.82) is 0 Å². The average molecular weight is 269 g/mol. The number of carboxylic acids is 1. The van der Waals surface area contributed by atoms with Gasteiger partial charge in [-0.15, -0.1) is 0 Å². The summed E-state index contributed by atoms with van der Waals surface area (Å²) in [6.45, 7) is 0.341. The normalized spacial score (nSPS) is 20.4. The summed E-state index contributed by atoms with van der Waals surface area (Å²) >= 11 is 0. The molecule has 1 aliphatic rings. The molecular weight excluding hydrogens is 254 g/mol. The van der Waals surface area contributed by atoms with Crippen molar-refractivity contribution in [2.75, 3.05) is 12.8 Å². The van der Waals surface area contributed by atoms with Crippen LogP contribution in [0.1, 0.15) is 23.6 Å². The number of fused-ring (bicyclic) bond motifs is 1. The molecule has 6 heteroatoms. The summed E-state index contributed by atoms with van der Waals surface area (Å²) in [5.41, 5.74) is 1.83. The fourth-order valence-corrected chi connectivity index (χ4v) is 3.48. The zero-order valence-electron chi connectivity index (χ0n) is 10.0. The second-order valence-corrected chi connectivity index (χ2v) is 6.37. The lowest BCUT2D eigenvalue weighted by molar-refractivity contribution is -0.138. The fraction of sp³-hybridized carbons (Fsp3) is 0.417. The van der Waals surface area contributed by atoms with E-state index in [0.717, 1.165) is 17.4 Å². The van der Waals surface area contributed by atoms with Crippen molar-refractivity contribution in [3.05, 3.63) is 35.4 Å². The molecule has 0 aromatic heterocycles. The van der Waals surface area contributed by atoms with Crippen LogP contribution in [0.4, 0.5) is 0 Å². The highest BCUT2D eigenvalue weighted by Gasteiger charge is 2.34. The monoisotopic (exact) mass is 269 g/mol. The second kappa shape index (κ2) is 4.70. The standard InChI is InChI=1S/C12H15NO4S/c1-18(16,17)13-7-6-9-4-2-3-5-10(9)11(13)8-12(14)15/h2-5,11H,6-8H2,1H3,(H,14,15). The van der Waals surface area contributed by atoms with Crippen molar-refractivity contribution in [2.45, 2.75) is 18.9 Å². The minimum atomic E-state index is -3.39. The van der Waals surface area contributed by atoms with Gasteiger partial charge in [0, 0.05) is 6.54 Å². The van der Waals surface area contributed by atoms with Crippen molar-refractivity contribution in [1.82, 2.24) is 4.31 Å². The molecule has 0 amide bonds. The highest BCUT2D eigenvalue weighted by atomic mass is 32.2. The van der Waals surface area contributed by atoms with E-state index in [4.69, 9.17) is 5.11 Å². The van der Waals surface area contributed by atoms with Crippen LogP contribution in [0.15, 0.2) is 24.3 Å². The first-order valence-corrected chi connectivity index (χ1v) is 7.51. The molecule has 1 aromatic rings. The van der Waals surface area contributed by atoms with E-state index in [1.165, 1.54) is 4.31 Å². The molecule has 0 spiro atoms. The maximum atomic E-state index is 11.7. The fourth-order valence-electron chi connectivity index (χ4n) is 2.40. The van der Waals surface area contributed by atoms with Crippen molar-refractivity contribution in [3.63, 3.8) is 0 Å². The van der Waals surface area contributed by atoms with E-state index in [9.17, 15) is 13.2 Å². The third kappa shape index (κ3) is 2.54. The molecule has 1 atom stereocenters. The Morgan fingerprint density at radius 1 is 1.44 bits per heavy atom. The van der Waals surface area contributed by atoms with Crippen LogP contribution in [0.25, 0.3) is 0 Å². The van der Waals surface area contributed by atoms with Crippen LogP contribution in [-0.4, -0.2) is 36.6 Å². The molecule has 0 saturated heterocycles. The second-order valence-electron chi connectivity index (χ2n) is 4.44. The van der Waals surface area contributed by atoms with E-state index in [0.29, 0.717) is 13.0 Å². The van der Waals surface area contributed by atoms with Crippen LogP contribution < -0.4 is 0 Å². The molecule has 1 N–H and O–H groups in total. The van der Waals surface area contributed by atoms with Crippen molar-refractivity contribution < 1.29 is 18.3 Å². The number of carboxylic acid groups (broad SMARTS) is 1. The first-order chi connectivity index (χ1) is 8.39. The molecule has 5 nitrogen and oxygen atoms in total. The quantitative estimate of drug-likeness (QED) is 0.889. The number of hydrogen-bond donors (Lipinski definition) is 1. The van der Waals surface area contributed by atoms with Gasteiger partial charge in [0.05, 0.1) is 18.7 Å². The van der Waals surface area contributed by atoms with Gasteiger partial charge >= 0.3 is 5.97 Å². The zero-order valence-corrected chi connectivity index (χ0v) is 10.9. The first kappa shape index (κ1) is 13.0. The predicted octanol–water partition coefficient (Wildman–Crippen LogP) is 1.02. The molecular formula is C12H15NO4S. The van der Waals surface area contributed by atoms with Crippen LogP contribution in [0.2, 0.25) is 0 Å². The molecule has 1 aromatic carbocycles. The molecule has 1 heterocycles. The summed E-state index contributed by atoms with van der Waals surface area (Å²) in [5, 5.41) is 8.95. The number of nitrogens with zero attached hydrogens (tertiary/aromatic N) is 1. The van der Waals surface area contributed by atoms with Gasteiger partial charge in [-0.1, -0.05) is 24.3 Å². The number of hydrogen-bond acceptors (Lipinski definition) is 3. The van der Waals surface area contributed by atoms with Gasteiger partial charge < -0.3 is 5.11 Å². The molecule has 2 rings (SSSR count). The molecule has 0 saturated carbocycles. The topological polar surface area (TPSA) is 74.7 Å². The van der Waals surface area contributed by atoms with Gasteiger partial charge in [0.15, 0.2) is 0 Å². The van der Waals surface area contributed by atoms with Crippen LogP contribution in [0.3, 0.4) is 0 Å². The smallest absolute Gasteiger partial charge is 0.305 e. The Kier molecular flexibility index (Phi) is 3.41. The molecule has 98 valence electrons.